The number of hydrogen-bond donors (Lipinski definition) is 2. The van der Waals surface area contributed by atoms with Crippen LogP contribution < -0.4 is 9.47 Å². The number of halogens is 1. The molecule has 0 bridgehead atoms. The number of pyridine rings is 1. The lowest BCUT2D eigenvalue weighted by Crippen LogP contribution is -2.38. The van der Waals surface area contributed by atoms with Crippen LogP contribution in [0.15, 0.2) is 42.5 Å². The molecule has 1 heterocycles. The second kappa shape index (κ2) is 7.82. The summed E-state index contributed by atoms with van der Waals surface area (Å²) >= 11 is 0. The van der Waals surface area contributed by atoms with Crippen LogP contribution in [0.4, 0.5) is 4.39 Å². The van der Waals surface area contributed by atoms with E-state index in [0.29, 0.717) is 46.7 Å². The Bertz CT molecular complexity index is 1090. The number of carboxylic acid groups (broad SMARTS) is 1. The molecule has 1 aliphatic carbocycles. The van der Waals surface area contributed by atoms with Crippen molar-refractivity contribution in [2.75, 3.05) is 0 Å². The minimum atomic E-state index is -0.823. The highest BCUT2D eigenvalue weighted by molar-refractivity contribution is 5.94. The molecule has 4 rings (SSSR count). The zero-order valence-electron chi connectivity index (χ0n) is 16.6. The molecular formula is C23H22FNO5. The largest absolute Gasteiger partial charge is 0.508 e. The Labute approximate surface area is 172 Å². The minimum absolute atomic E-state index is 0.00541. The third kappa shape index (κ3) is 3.87. The number of carboxylic acids is 1. The Hall–Kier alpha value is -3.35. The van der Waals surface area contributed by atoms with Crippen molar-refractivity contribution < 1.29 is 28.9 Å². The molecule has 7 heteroatoms. The fraction of sp³-hybridized carbons (Fsp3) is 0.304. The van der Waals surface area contributed by atoms with E-state index in [9.17, 15) is 14.3 Å². The van der Waals surface area contributed by atoms with E-state index in [1.165, 1.54) is 24.3 Å². The molecule has 2 N–H and O–H groups in total. The molecule has 0 radical (unpaired) electrons. The lowest BCUT2D eigenvalue weighted by molar-refractivity contribution is -0.148. The number of fused-ring (bicyclic) bond motifs is 1. The topological polar surface area (TPSA) is 88.9 Å². The van der Waals surface area contributed by atoms with E-state index in [4.69, 9.17) is 14.6 Å². The summed E-state index contributed by atoms with van der Waals surface area (Å²) in [7, 11) is 0. The van der Waals surface area contributed by atoms with Crippen LogP contribution in [0, 0.1) is 11.7 Å². The quantitative estimate of drug-likeness (QED) is 0.577. The summed E-state index contributed by atoms with van der Waals surface area (Å²) in [5.74, 6) is -0.225. The molecule has 1 aromatic heterocycles. The highest BCUT2D eigenvalue weighted by atomic mass is 19.1. The lowest BCUT2D eigenvalue weighted by atomic mass is 9.82. The average molecular weight is 411 g/mol. The molecule has 0 unspecified atom stereocenters. The van der Waals surface area contributed by atoms with Gasteiger partial charge >= 0.3 is 5.97 Å². The predicted molar refractivity (Wildman–Crippen MR) is 109 cm³/mol. The Morgan fingerprint density at radius 2 is 1.83 bits per heavy atom. The summed E-state index contributed by atoms with van der Waals surface area (Å²) in [6, 6.07) is 10.5. The number of hydrogen-bond acceptors (Lipinski definition) is 5. The molecule has 1 aliphatic rings. The van der Waals surface area contributed by atoms with E-state index in [2.05, 4.69) is 4.98 Å². The molecule has 0 spiro atoms. The fourth-order valence-corrected chi connectivity index (χ4v) is 3.50. The number of phenolic OH excluding ortho intramolecular Hbond substituents is 1. The molecule has 1 fully saturated rings. The highest BCUT2D eigenvalue weighted by Gasteiger charge is 2.37. The summed E-state index contributed by atoms with van der Waals surface area (Å²) in [5, 5.41) is 20.4. The van der Waals surface area contributed by atoms with E-state index in [0.717, 1.165) is 0 Å². The molecule has 0 amide bonds. The highest BCUT2D eigenvalue weighted by Crippen LogP contribution is 2.42. The number of aromatic nitrogens is 1. The van der Waals surface area contributed by atoms with Crippen LogP contribution in [-0.2, 0) is 4.79 Å². The van der Waals surface area contributed by atoms with Gasteiger partial charge in [-0.1, -0.05) is 13.8 Å². The molecule has 2 aromatic carbocycles. The first-order valence-electron chi connectivity index (χ1n) is 9.81. The van der Waals surface area contributed by atoms with E-state index in [1.54, 1.807) is 18.2 Å². The molecule has 3 aromatic rings. The van der Waals surface area contributed by atoms with Crippen LogP contribution in [0.5, 0.6) is 23.1 Å². The van der Waals surface area contributed by atoms with Gasteiger partial charge in [-0.2, -0.15) is 0 Å². The predicted octanol–water partition coefficient (Wildman–Crippen LogP) is 5.24. The summed E-state index contributed by atoms with van der Waals surface area (Å²) < 4.78 is 25.4. The lowest BCUT2D eigenvalue weighted by Gasteiger charge is -2.32. The first-order chi connectivity index (χ1) is 14.3. The van der Waals surface area contributed by atoms with Gasteiger partial charge in [0, 0.05) is 5.39 Å². The van der Waals surface area contributed by atoms with Crippen molar-refractivity contribution in [2.24, 2.45) is 5.92 Å². The first-order valence-corrected chi connectivity index (χ1v) is 9.81. The molecular weight excluding hydrogens is 389 g/mol. The minimum Gasteiger partial charge on any atom is -0.508 e. The van der Waals surface area contributed by atoms with Crippen LogP contribution in [0.2, 0.25) is 0 Å². The van der Waals surface area contributed by atoms with E-state index in [-0.39, 0.29) is 23.6 Å². The second-order valence-electron chi connectivity index (χ2n) is 7.82. The monoisotopic (exact) mass is 411 g/mol. The van der Waals surface area contributed by atoms with Crippen LogP contribution in [-0.4, -0.2) is 27.3 Å². The Morgan fingerprint density at radius 1 is 1.13 bits per heavy atom. The van der Waals surface area contributed by atoms with Crippen molar-refractivity contribution >= 4 is 16.7 Å². The van der Waals surface area contributed by atoms with Crippen molar-refractivity contribution in [3.8, 4) is 23.1 Å². The molecule has 0 atom stereocenters. The van der Waals surface area contributed by atoms with Gasteiger partial charge in [0.05, 0.1) is 17.0 Å². The van der Waals surface area contributed by atoms with Crippen LogP contribution in [0.1, 0.15) is 38.3 Å². The van der Waals surface area contributed by atoms with Crippen molar-refractivity contribution in [3.63, 3.8) is 0 Å². The number of benzene rings is 2. The van der Waals surface area contributed by atoms with Crippen molar-refractivity contribution in [3.05, 3.63) is 54.0 Å². The number of phenols is 1. The van der Waals surface area contributed by atoms with Gasteiger partial charge in [-0.15, -0.1) is 0 Å². The van der Waals surface area contributed by atoms with Crippen LogP contribution in [0.25, 0.3) is 10.8 Å². The molecule has 6 nitrogen and oxygen atoms in total. The van der Waals surface area contributed by atoms with Gasteiger partial charge in [0.15, 0.2) is 5.75 Å². The Kier molecular flexibility index (Phi) is 5.20. The van der Waals surface area contributed by atoms with Crippen molar-refractivity contribution in [1.82, 2.24) is 4.98 Å². The summed E-state index contributed by atoms with van der Waals surface area (Å²) in [5.41, 5.74) is 0.654. The molecule has 0 aliphatic heterocycles. The number of rotatable bonds is 6. The third-order valence-corrected chi connectivity index (χ3v) is 5.24. The van der Waals surface area contributed by atoms with Crippen LogP contribution >= 0.6 is 0 Å². The van der Waals surface area contributed by atoms with Gasteiger partial charge in [0.25, 0.3) is 0 Å². The molecule has 1 saturated carbocycles. The summed E-state index contributed by atoms with van der Waals surface area (Å²) in [6.07, 6.45) is 0.595. The van der Waals surface area contributed by atoms with Gasteiger partial charge in [0.1, 0.15) is 23.4 Å². The van der Waals surface area contributed by atoms with E-state index >= 15 is 0 Å². The van der Waals surface area contributed by atoms with Gasteiger partial charge in [-0.05, 0) is 61.2 Å². The van der Waals surface area contributed by atoms with Crippen molar-refractivity contribution in [2.45, 2.75) is 38.7 Å². The summed E-state index contributed by atoms with van der Waals surface area (Å²) in [6.45, 7) is 3.94. The van der Waals surface area contributed by atoms with Gasteiger partial charge in [-0.3, -0.25) is 4.79 Å². The summed E-state index contributed by atoms with van der Waals surface area (Å²) in [4.78, 5) is 15.7. The van der Waals surface area contributed by atoms with E-state index < -0.39 is 11.9 Å². The maximum atomic E-state index is 13.3. The van der Waals surface area contributed by atoms with Crippen LogP contribution in [0.3, 0.4) is 0 Å². The number of nitrogens with zero attached hydrogens (tertiary/aromatic N) is 1. The van der Waals surface area contributed by atoms with E-state index in [1.807, 2.05) is 13.8 Å². The van der Waals surface area contributed by atoms with Gasteiger partial charge < -0.3 is 19.7 Å². The first kappa shape index (κ1) is 19.9. The number of aromatic hydroxyl groups is 1. The zero-order chi connectivity index (χ0) is 21.4. The maximum absolute atomic E-state index is 13.3. The Morgan fingerprint density at radius 3 is 2.47 bits per heavy atom. The maximum Gasteiger partial charge on any atom is 0.306 e. The standard InChI is InChI=1S/C23H22FNO5/c1-12(2)20-21(29-16-6-3-14(24)4-7-16)18-8-5-15(26)11-19(18)22(25-20)30-17-9-13(10-17)23(27)28/h3-8,11-13,17,26H,9-10H2,1-2H3,(H,27,28). The molecule has 156 valence electrons. The number of aliphatic carboxylic acids is 1. The second-order valence-corrected chi connectivity index (χ2v) is 7.82. The number of carbonyl (C=O) groups is 1. The van der Waals surface area contributed by atoms with Gasteiger partial charge in [0.2, 0.25) is 5.88 Å². The van der Waals surface area contributed by atoms with Gasteiger partial charge in [-0.25, -0.2) is 9.37 Å². The normalized spacial score (nSPS) is 18.3. The average Bonchev–Trinajstić information content (AvgIpc) is 2.66. The van der Waals surface area contributed by atoms with Crippen molar-refractivity contribution in [1.29, 1.82) is 0 Å². The molecule has 30 heavy (non-hydrogen) atoms. The zero-order valence-corrected chi connectivity index (χ0v) is 16.6. The third-order valence-electron chi connectivity index (χ3n) is 5.24. The molecule has 0 saturated heterocycles. The SMILES string of the molecule is CC(C)c1nc(OC2CC(C(=O)O)C2)c2cc(O)ccc2c1Oc1ccc(F)cc1. The number of ether oxygens (including phenoxy) is 2. The smallest absolute Gasteiger partial charge is 0.306 e. The Balaban J connectivity index is 1.77. The fourth-order valence-electron chi connectivity index (χ4n) is 3.50.